The molecule has 16 heavy (non-hydrogen) atoms. The summed E-state index contributed by atoms with van der Waals surface area (Å²) in [5.41, 5.74) is 5.69. The Morgan fingerprint density at radius 1 is 1.56 bits per heavy atom. The number of ether oxygens (including phenoxy) is 1. The Kier molecular flexibility index (Phi) is 3.44. The average molecular weight is 225 g/mol. The molecule has 0 saturated carbocycles. The van der Waals surface area contributed by atoms with Gasteiger partial charge in [0.25, 0.3) is 5.88 Å². The van der Waals surface area contributed by atoms with E-state index in [-0.39, 0.29) is 18.2 Å². The highest BCUT2D eigenvalue weighted by molar-refractivity contribution is 5.41. The fraction of sp³-hybridized carbons (Fsp3) is 0.500. The van der Waals surface area contributed by atoms with Crippen molar-refractivity contribution in [3.8, 4) is 5.88 Å². The zero-order valence-corrected chi connectivity index (χ0v) is 9.56. The van der Waals surface area contributed by atoms with Gasteiger partial charge in [0.15, 0.2) is 0 Å². The Morgan fingerprint density at radius 2 is 2.19 bits per heavy atom. The predicted molar refractivity (Wildman–Crippen MR) is 59.4 cm³/mol. The minimum absolute atomic E-state index is 0.0172. The van der Waals surface area contributed by atoms with E-state index in [9.17, 15) is 10.1 Å². The molecule has 0 saturated heterocycles. The van der Waals surface area contributed by atoms with Crippen LogP contribution >= 0.6 is 0 Å². The van der Waals surface area contributed by atoms with Crippen molar-refractivity contribution in [1.82, 2.24) is 4.98 Å². The lowest BCUT2D eigenvalue weighted by Crippen LogP contribution is -2.38. The fourth-order valence-corrected chi connectivity index (χ4v) is 1.03. The van der Waals surface area contributed by atoms with E-state index in [4.69, 9.17) is 10.5 Å². The molecule has 1 heterocycles. The number of hydrogen-bond donors (Lipinski definition) is 1. The van der Waals surface area contributed by atoms with E-state index in [1.54, 1.807) is 26.8 Å². The molecule has 0 aromatic carbocycles. The molecule has 0 amide bonds. The summed E-state index contributed by atoms with van der Waals surface area (Å²) >= 11 is 0. The molecule has 0 fully saturated rings. The van der Waals surface area contributed by atoms with Gasteiger partial charge in [0.2, 0.25) is 0 Å². The zero-order chi connectivity index (χ0) is 12.3. The lowest BCUT2D eigenvalue weighted by molar-refractivity contribution is -0.386. The van der Waals surface area contributed by atoms with Gasteiger partial charge >= 0.3 is 5.69 Å². The van der Waals surface area contributed by atoms with E-state index >= 15 is 0 Å². The number of aromatic nitrogens is 1. The zero-order valence-electron chi connectivity index (χ0n) is 9.56. The first-order valence-electron chi connectivity index (χ1n) is 4.83. The Hall–Kier alpha value is -1.69. The summed E-state index contributed by atoms with van der Waals surface area (Å²) in [4.78, 5) is 14.2. The first-order chi connectivity index (χ1) is 7.29. The van der Waals surface area contributed by atoms with Crippen LogP contribution in [0.4, 0.5) is 5.69 Å². The Morgan fingerprint density at radius 3 is 2.69 bits per heavy atom. The molecule has 0 aliphatic carbocycles. The maximum Gasteiger partial charge on any atom is 0.330 e. The molecule has 1 rings (SSSR count). The summed E-state index contributed by atoms with van der Waals surface area (Å²) in [6.07, 6.45) is 0. The third-order valence-corrected chi connectivity index (χ3v) is 1.76. The van der Waals surface area contributed by atoms with Crippen LogP contribution in [0.5, 0.6) is 5.88 Å². The van der Waals surface area contributed by atoms with Gasteiger partial charge in [-0.05, 0) is 26.8 Å². The van der Waals surface area contributed by atoms with Crippen LogP contribution in [0.2, 0.25) is 0 Å². The SMILES string of the molecule is Cc1ccc([N+](=O)[O-])c(OCC(C)(C)N)n1. The molecule has 1 aromatic rings. The van der Waals surface area contributed by atoms with Gasteiger partial charge in [-0.25, -0.2) is 4.98 Å². The number of aryl methyl sites for hydroxylation is 1. The maximum atomic E-state index is 10.7. The molecule has 0 spiro atoms. The molecule has 6 nitrogen and oxygen atoms in total. The molecule has 0 aliphatic heterocycles. The van der Waals surface area contributed by atoms with Gasteiger partial charge in [0, 0.05) is 17.3 Å². The third kappa shape index (κ3) is 3.47. The van der Waals surface area contributed by atoms with E-state index in [1.165, 1.54) is 6.07 Å². The van der Waals surface area contributed by atoms with E-state index < -0.39 is 10.5 Å². The van der Waals surface area contributed by atoms with Crippen molar-refractivity contribution in [1.29, 1.82) is 0 Å². The van der Waals surface area contributed by atoms with Gasteiger partial charge < -0.3 is 10.5 Å². The summed E-state index contributed by atoms with van der Waals surface area (Å²) in [7, 11) is 0. The standard InChI is InChI=1S/C10H15N3O3/c1-7-4-5-8(13(14)15)9(12-7)16-6-10(2,3)11/h4-5H,6,11H2,1-3H3. The maximum absolute atomic E-state index is 10.7. The van der Waals surface area contributed by atoms with E-state index in [0.29, 0.717) is 5.69 Å². The van der Waals surface area contributed by atoms with Crippen LogP contribution < -0.4 is 10.5 Å². The summed E-state index contributed by atoms with van der Waals surface area (Å²) in [6, 6.07) is 2.94. The van der Waals surface area contributed by atoms with Crippen molar-refractivity contribution >= 4 is 5.69 Å². The largest absolute Gasteiger partial charge is 0.471 e. The number of nitro groups is 1. The van der Waals surface area contributed by atoms with E-state index in [0.717, 1.165) is 0 Å². The highest BCUT2D eigenvalue weighted by Crippen LogP contribution is 2.24. The van der Waals surface area contributed by atoms with Crippen molar-refractivity contribution < 1.29 is 9.66 Å². The van der Waals surface area contributed by atoms with Gasteiger partial charge in [-0.2, -0.15) is 0 Å². The summed E-state index contributed by atoms with van der Waals surface area (Å²) in [5, 5.41) is 10.7. The van der Waals surface area contributed by atoms with Crippen LogP contribution in [-0.4, -0.2) is 22.1 Å². The Labute approximate surface area is 93.6 Å². The van der Waals surface area contributed by atoms with Gasteiger partial charge in [0.05, 0.1) is 4.92 Å². The first kappa shape index (κ1) is 12.4. The molecule has 0 radical (unpaired) electrons. The first-order valence-corrected chi connectivity index (χ1v) is 4.83. The van der Waals surface area contributed by atoms with Crippen LogP contribution in [-0.2, 0) is 0 Å². The number of nitrogens with zero attached hydrogens (tertiary/aromatic N) is 2. The minimum Gasteiger partial charge on any atom is -0.471 e. The van der Waals surface area contributed by atoms with Gasteiger partial charge in [0.1, 0.15) is 6.61 Å². The molecule has 1 aromatic heterocycles. The van der Waals surface area contributed by atoms with Gasteiger partial charge in [-0.3, -0.25) is 10.1 Å². The van der Waals surface area contributed by atoms with Crippen molar-refractivity contribution in [3.05, 3.63) is 27.9 Å². The summed E-state index contributed by atoms with van der Waals surface area (Å²) in [6.45, 7) is 5.46. The van der Waals surface area contributed by atoms with Crippen molar-refractivity contribution in [3.63, 3.8) is 0 Å². The van der Waals surface area contributed by atoms with Crippen LogP contribution in [0.15, 0.2) is 12.1 Å². The monoisotopic (exact) mass is 225 g/mol. The van der Waals surface area contributed by atoms with Crippen molar-refractivity contribution in [2.45, 2.75) is 26.3 Å². The minimum atomic E-state index is -0.556. The quantitative estimate of drug-likeness (QED) is 0.618. The van der Waals surface area contributed by atoms with E-state index in [1.807, 2.05) is 0 Å². The smallest absolute Gasteiger partial charge is 0.330 e. The topological polar surface area (TPSA) is 91.3 Å². The van der Waals surface area contributed by atoms with Crippen molar-refractivity contribution in [2.75, 3.05) is 6.61 Å². The molecule has 88 valence electrons. The summed E-state index contributed by atoms with van der Waals surface area (Å²) in [5.74, 6) is 0.0172. The highest BCUT2D eigenvalue weighted by atomic mass is 16.6. The Balaban J connectivity index is 2.93. The second-order valence-electron chi connectivity index (χ2n) is 4.31. The second kappa shape index (κ2) is 4.44. The van der Waals surface area contributed by atoms with Crippen LogP contribution in [0, 0.1) is 17.0 Å². The van der Waals surface area contributed by atoms with Crippen molar-refractivity contribution in [2.24, 2.45) is 5.73 Å². The molecule has 0 aliphatic rings. The molecule has 0 bridgehead atoms. The van der Waals surface area contributed by atoms with Gasteiger partial charge in [-0.15, -0.1) is 0 Å². The predicted octanol–water partition coefficient (Wildman–Crippen LogP) is 1.41. The molecule has 2 N–H and O–H groups in total. The Bertz CT molecular complexity index is 399. The fourth-order valence-electron chi connectivity index (χ4n) is 1.03. The van der Waals surface area contributed by atoms with Crippen LogP contribution in [0.25, 0.3) is 0 Å². The number of hydrogen-bond acceptors (Lipinski definition) is 5. The van der Waals surface area contributed by atoms with E-state index in [2.05, 4.69) is 4.98 Å². The summed E-state index contributed by atoms with van der Waals surface area (Å²) < 4.78 is 5.27. The highest BCUT2D eigenvalue weighted by Gasteiger charge is 2.19. The molecule has 0 unspecified atom stereocenters. The molecule has 6 heteroatoms. The number of rotatable bonds is 4. The lowest BCUT2D eigenvalue weighted by atomic mass is 10.1. The third-order valence-electron chi connectivity index (χ3n) is 1.76. The van der Waals surface area contributed by atoms with Crippen LogP contribution in [0.3, 0.4) is 0 Å². The molecular weight excluding hydrogens is 210 g/mol. The lowest BCUT2D eigenvalue weighted by Gasteiger charge is -2.18. The molecular formula is C10H15N3O3. The van der Waals surface area contributed by atoms with Gasteiger partial charge in [-0.1, -0.05) is 0 Å². The average Bonchev–Trinajstić information content (AvgIpc) is 2.13. The number of nitrogens with two attached hydrogens (primary N) is 1. The normalized spacial score (nSPS) is 11.2. The number of pyridine rings is 1. The van der Waals surface area contributed by atoms with Crippen LogP contribution in [0.1, 0.15) is 19.5 Å². The second-order valence-corrected chi connectivity index (χ2v) is 4.31. The molecule has 0 atom stereocenters.